The van der Waals surface area contributed by atoms with Gasteiger partial charge < -0.3 is 9.88 Å². The van der Waals surface area contributed by atoms with Crippen molar-refractivity contribution in [2.24, 2.45) is 0 Å². The maximum atomic E-state index is 12.1. The van der Waals surface area contributed by atoms with Gasteiger partial charge in [-0.25, -0.2) is 9.97 Å². The Hall–Kier alpha value is -2.98. The predicted octanol–water partition coefficient (Wildman–Crippen LogP) is 3.85. The van der Waals surface area contributed by atoms with Crippen molar-refractivity contribution >= 4 is 28.8 Å². The van der Waals surface area contributed by atoms with Gasteiger partial charge in [-0.15, -0.1) is 11.3 Å². The third kappa shape index (κ3) is 2.92. The number of anilines is 2. The molecule has 0 amide bonds. The summed E-state index contributed by atoms with van der Waals surface area (Å²) in [5.74, 6) is 0.568. The lowest BCUT2D eigenvalue weighted by Crippen LogP contribution is -2.07. The molecule has 0 atom stereocenters. The number of ketones is 1. The van der Waals surface area contributed by atoms with Crippen molar-refractivity contribution in [3.8, 4) is 11.8 Å². The third-order valence-electron chi connectivity index (χ3n) is 4.21. The summed E-state index contributed by atoms with van der Waals surface area (Å²) in [4.78, 5) is 21.6. The Morgan fingerprint density at radius 1 is 1.24 bits per heavy atom. The number of Topliss-reactive ketones (excluding diaryl/α,β-unsaturated/α-hetero) is 1. The van der Waals surface area contributed by atoms with Gasteiger partial charge in [0.05, 0.1) is 22.6 Å². The Kier molecular flexibility index (Phi) is 4.04. The lowest BCUT2D eigenvalue weighted by atomic mass is 10.1. The van der Waals surface area contributed by atoms with Crippen LogP contribution in [-0.4, -0.2) is 20.3 Å². The number of fused-ring (bicyclic) bond motifs is 1. The minimum Gasteiger partial charge on any atom is -0.322 e. The lowest BCUT2D eigenvalue weighted by Gasteiger charge is -2.10. The Morgan fingerprint density at radius 3 is 2.84 bits per heavy atom. The fourth-order valence-electron chi connectivity index (χ4n) is 2.99. The van der Waals surface area contributed by atoms with Crippen molar-refractivity contribution in [1.29, 1.82) is 5.26 Å². The van der Waals surface area contributed by atoms with Crippen LogP contribution in [0.15, 0.2) is 36.1 Å². The van der Waals surface area contributed by atoms with Gasteiger partial charge in [0.2, 0.25) is 5.95 Å². The summed E-state index contributed by atoms with van der Waals surface area (Å²) in [6.07, 6.45) is 8.61. The Morgan fingerprint density at radius 2 is 2.04 bits per heavy atom. The van der Waals surface area contributed by atoms with E-state index in [0.717, 1.165) is 36.3 Å². The molecule has 3 heterocycles. The summed E-state index contributed by atoms with van der Waals surface area (Å²) in [6, 6.07) is 6.05. The van der Waals surface area contributed by atoms with E-state index in [1.165, 1.54) is 11.3 Å². The number of carbonyl (C=O) groups is 1. The van der Waals surface area contributed by atoms with E-state index in [-0.39, 0.29) is 5.78 Å². The largest absolute Gasteiger partial charge is 0.322 e. The predicted molar refractivity (Wildman–Crippen MR) is 95.6 cm³/mol. The van der Waals surface area contributed by atoms with Crippen LogP contribution in [-0.2, 0) is 6.42 Å². The molecule has 4 rings (SSSR count). The van der Waals surface area contributed by atoms with Gasteiger partial charge in [0.15, 0.2) is 5.78 Å². The first kappa shape index (κ1) is 15.5. The van der Waals surface area contributed by atoms with E-state index in [0.29, 0.717) is 22.8 Å². The highest BCUT2D eigenvalue weighted by Gasteiger charge is 2.19. The standard InChI is InChI=1S/C18H15N5OS/c19-9-16-17(23-7-3-4-8-23)14(11-25-16)22-18-20-10-12-13(21-18)5-1-2-6-15(12)24/h3-4,7-8,10-11H,1-2,5-6H2,(H,20,21,22). The van der Waals surface area contributed by atoms with Crippen molar-refractivity contribution in [3.05, 3.63) is 52.2 Å². The fourth-order valence-corrected chi connectivity index (χ4v) is 3.78. The fraction of sp³-hybridized carbons (Fsp3) is 0.222. The van der Waals surface area contributed by atoms with Crippen LogP contribution in [0.1, 0.15) is 40.2 Å². The summed E-state index contributed by atoms with van der Waals surface area (Å²) < 4.78 is 1.89. The molecule has 1 aliphatic rings. The minimum atomic E-state index is 0.120. The number of nitrogens with zero attached hydrogens (tertiary/aromatic N) is 4. The average Bonchev–Trinajstić information content (AvgIpc) is 3.24. The summed E-state index contributed by atoms with van der Waals surface area (Å²) in [5, 5.41) is 14.5. The zero-order valence-electron chi connectivity index (χ0n) is 13.4. The molecule has 0 unspecified atom stereocenters. The van der Waals surface area contributed by atoms with E-state index in [9.17, 15) is 10.1 Å². The van der Waals surface area contributed by atoms with Gasteiger partial charge in [-0.05, 0) is 31.4 Å². The number of hydrogen-bond donors (Lipinski definition) is 1. The molecule has 0 fully saturated rings. The van der Waals surface area contributed by atoms with Crippen molar-refractivity contribution in [1.82, 2.24) is 14.5 Å². The van der Waals surface area contributed by atoms with Crippen molar-refractivity contribution in [3.63, 3.8) is 0 Å². The molecule has 3 aromatic heterocycles. The highest BCUT2D eigenvalue weighted by atomic mass is 32.1. The van der Waals surface area contributed by atoms with Crippen LogP contribution < -0.4 is 5.32 Å². The van der Waals surface area contributed by atoms with Crippen molar-refractivity contribution in [2.45, 2.75) is 25.7 Å². The molecule has 1 aliphatic carbocycles. The van der Waals surface area contributed by atoms with Gasteiger partial charge in [0.25, 0.3) is 0 Å². The van der Waals surface area contributed by atoms with Crippen LogP contribution in [0.3, 0.4) is 0 Å². The van der Waals surface area contributed by atoms with E-state index in [1.807, 2.05) is 34.5 Å². The van der Waals surface area contributed by atoms with Gasteiger partial charge in [0, 0.05) is 30.4 Å². The van der Waals surface area contributed by atoms with Crippen LogP contribution in [0, 0.1) is 11.3 Å². The van der Waals surface area contributed by atoms with Crippen LogP contribution in [0.5, 0.6) is 0 Å². The van der Waals surface area contributed by atoms with Gasteiger partial charge >= 0.3 is 0 Å². The quantitative estimate of drug-likeness (QED) is 0.726. The molecule has 0 radical (unpaired) electrons. The minimum absolute atomic E-state index is 0.120. The number of hydrogen-bond acceptors (Lipinski definition) is 6. The normalized spacial score (nSPS) is 13.8. The molecule has 1 N–H and O–H groups in total. The first-order valence-electron chi connectivity index (χ1n) is 8.07. The molecule has 7 heteroatoms. The molecule has 124 valence electrons. The summed E-state index contributed by atoms with van der Waals surface area (Å²) >= 11 is 1.37. The van der Waals surface area contributed by atoms with Gasteiger partial charge in [-0.1, -0.05) is 0 Å². The Bertz CT molecular complexity index is 968. The van der Waals surface area contributed by atoms with E-state index >= 15 is 0 Å². The number of aryl methyl sites for hydroxylation is 1. The Balaban J connectivity index is 1.70. The van der Waals surface area contributed by atoms with Crippen LogP contribution in [0.4, 0.5) is 11.6 Å². The molecule has 0 aromatic carbocycles. The molecule has 0 saturated carbocycles. The molecular weight excluding hydrogens is 334 g/mol. The number of aromatic nitrogens is 3. The number of carbonyl (C=O) groups excluding carboxylic acids is 1. The van der Waals surface area contributed by atoms with Gasteiger partial charge in [-0.3, -0.25) is 4.79 Å². The number of thiophene rings is 1. The molecule has 0 bridgehead atoms. The smallest absolute Gasteiger partial charge is 0.227 e. The lowest BCUT2D eigenvalue weighted by molar-refractivity contribution is 0.0981. The molecule has 6 nitrogen and oxygen atoms in total. The Labute approximate surface area is 148 Å². The molecular formula is C18H15N5OS. The summed E-state index contributed by atoms with van der Waals surface area (Å²) in [6.45, 7) is 0. The van der Waals surface area contributed by atoms with Crippen LogP contribution in [0.25, 0.3) is 5.69 Å². The maximum absolute atomic E-state index is 12.1. The second-order valence-electron chi connectivity index (χ2n) is 5.84. The van der Waals surface area contributed by atoms with Crippen LogP contribution >= 0.6 is 11.3 Å². The molecule has 0 saturated heterocycles. The maximum Gasteiger partial charge on any atom is 0.227 e. The van der Waals surface area contributed by atoms with Crippen molar-refractivity contribution in [2.75, 3.05) is 5.32 Å². The van der Waals surface area contributed by atoms with E-state index in [4.69, 9.17) is 0 Å². The SMILES string of the molecule is N#Cc1scc(Nc2ncc3c(n2)CCCCC3=O)c1-n1cccc1. The average molecular weight is 349 g/mol. The molecule has 0 aliphatic heterocycles. The van der Waals surface area contributed by atoms with Crippen molar-refractivity contribution < 1.29 is 4.79 Å². The van der Waals surface area contributed by atoms with E-state index < -0.39 is 0 Å². The monoisotopic (exact) mass is 349 g/mol. The van der Waals surface area contributed by atoms with Gasteiger partial charge in [-0.2, -0.15) is 5.26 Å². The molecule has 25 heavy (non-hydrogen) atoms. The zero-order chi connectivity index (χ0) is 17.2. The topological polar surface area (TPSA) is 83.6 Å². The van der Waals surface area contributed by atoms with Crippen LogP contribution in [0.2, 0.25) is 0 Å². The first-order chi connectivity index (χ1) is 12.3. The second-order valence-corrected chi connectivity index (χ2v) is 6.72. The number of nitriles is 1. The summed E-state index contributed by atoms with van der Waals surface area (Å²) in [7, 11) is 0. The highest BCUT2D eigenvalue weighted by Crippen LogP contribution is 2.32. The molecule has 3 aromatic rings. The van der Waals surface area contributed by atoms with E-state index in [1.54, 1.807) is 6.20 Å². The number of nitrogens with one attached hydrogen (secondary N) is 1. The zero-order valence-corrected chi connectivity index (χ0v) is 14.2. The third-order valence-corrected chi connectivity index (χ3v) is 5.08. The highest BCUT2D eigenvalue weighted by molar-refractivity contribution is 7.11. The number of rotatable bonds is 3. The van der Waals surface area contributed by atoms with E-state index in [2.05, 4.69) is 21.4 Å². The molecule has 0 spiro atoms. The van der Waals surface area contributed by atoms with Gasteiger partial charge in [0.1, 0.15) is 10.9 Å². The first-order valence-corrected chi connectivity index (χ1v) is 8.95. The summed E-state index contributed by atoms with van der Waals surface area (Å²) in [5.41, 5.74) is 3.00. The second kappa shape index (κ2) is 6.49.